The molecule has 0 saturated heterocycles. The van der Waals surface area contributed by atoms with E-state index in [4.69, 9.17) is 0 Å². The largest absolute Gasteiger partial charge is 0.354 e. The lowest BCUT2D eigenvalue weighted by molar-refractivity contribution is -0.121. The lowest BCUT2D eigenvalue weighted by Gasteiger charge is -2.08. The van der Waals surface area contributed by atoms with Gasteiger partial charge in [-0.25, -0.2) is 9.97 Å². The second-order valence-electron chi connectivity index (χ2n) is 5.20. The van der Waals surface area contributed by atoms with E-state index in [1.807, 2.05) is 16.8 Å². The van der Waals surface area contributed by atoms with Crippen LogP contribution < -0.4 is 10.9 Å². The number of rotatable bonds is 6. The molecule has 0 aliphatic rings. The third-order valence-corrected chi connectivity index (χ3v) is 3.52. The van der Waals surface area contributed by atoms with Crippen LogP contribution in [0, 0.1) is 0 Å². The van der Waals surface area contributed by atoms with Gasteiger partial charge in [0, 0.05) is 25.5 Å². The highest BCUT2D eigenvalue weighted by molar-refractivity contribution is 5.78. The number of aryl methyl sites for hydroxylation is 1. The monoisotopic (exact) mass is 311 g/mol. The molecule has 0 bridgehead atoms. The number of nitrogens with zero attached hydrogens (tertiary/aromatic N) is 4. The molecule has 23 heavy (non-hydrogen) atoms. The molecule has 3 aromatic rings. The number of carbonyl (C=O) groups excluding carboxylic acids is 1. The van der Waals surface area contributed by atoms with Gasteiger partial charge < -0.3 is 9.88 Å². The Kier molecular flexibility index (Phi) is 4.46. The van der Waals surface area contributed by atoms with E-state index in [-0.39, 0.29) is 18.0 Å². The van der Waals surface area contributed by atoms with Gasteiger partial charge in [-0.1, -0.05) is 12.1 Å². The van der Waals surface area contributed by atoms with Gasteiger partial charge in [0.15, 0.2) is 0 Å². The van der Waals surface area contributed by atoms with Gasteiger partial charge in [0.05, 0.1) is 23.6 Å². The molecule has 0 aliphatic heterocycles. The second-order valence-corrected chi connectivity index (χ2v) is 5.20. The van der Waals surface area contributed by atoms with Crippen molar-refractivity contribution in [1.82, 2.24) is 24.4 Å². The van der Waals surface area contributed by atoms with Gasteiger partial charge in [-0.05, 0) is 18.6 Å². The minimum Gasteiger partial charge on any atom is -0.354 e. The van der Waals surface area contributed by atoms with Crippen molar-refractivity contribution in [2.45, 2.75) is 19.5 Å². The molecule has 2 aromatic heterocycles. The molecule has 0 atom stereocenters. The fourth-order valence-corrected chi connectivity index (χ4v) is 2.34. The van der Waals surface area contributed by atoms with Crippen LogP contribution in [-0.2, 0) is 17.9 Å². The first-order valence-corrected chi connectivity index (χ1v) is 7.40. The number of imidazole rings is 1. The summed E-state index contributed by atoms with van der Waals surface area (Å²) in [5, 5.41) is 3.33. The summed E-state index contributed by atoms with van der Waals surface area (Å²) in [7, 11) is 0. The highest BCUT2D eigenvalue weighted by Crippen LogP contribution is 2.04. The Morgan fingerprint density at radius 1 is 1.22 bits per heavy atom. The molecule has 1 aromatic carbocycles. The molecular weight excluding hydrogens is 294 g/mol. The summed E-state index contributed by atoms with van der Waals surface area (Å²) in [6.45, 7) is 1.31. The lowest BCUT2D eigenvalue weighted by Crippen LogP contribution is -2.33. The fraction of sp³-hybridized carbons (Fsp3) is 0.250. The van der Waals surface area contributed by atoms with Crippen LogP contribution >= 0.6 is 0 Å². The molecule has 0 radical (unpaired) electrons. The third kappa shape index (κ3) is 3.63. The minimum absolute atomic E-state index is 0.0260. The van der Waals surface area contributed by atoms with E-state index in [1.54, 1.807) is 30.7 Å². The maximum atomic E-state index is 12.3. The molecule has 118 valence electrons. The molecule has 0 unspecified atom stereocenters. The Morgan fingerprint density at radius 2 is 2.09 bits per heavy atom. The number of aromatic nitrogens is 4. The lowest BCUT2D eigenvalue weighted by atomic mass is 10.2. The maximum absolute atomic E-state index is 12.3. The van der Waals surface area contributed by atoms with Crippen molar-refractivity contribution in [2.24, 2.45) is 0 Å². The summed E-state index contributed by atoms with van der Waals surface area (Å²) in [4.78, 5) is 32.4. The van der Waals surface area contributed by atoms with Gasteiger partial charge in [-0.3, -0.25) is 14.2 Å². The Bertz CT molecular complexity index is 854. The summed E-state index contributed by atoms with van der Waals surface area (Å²) < 4.78 is 3.28. The van der Waals surface area contributed by atoms with Crippen molar-refractivity contribution in [3.63, 3.8) is 0 Å². The number of nitrogens with one attached hydrogen (secondary N) is 1. The van der Waals surface area contributed by atoms with Crippen LogP contribution in [0.5, 0.6) is 0 Å². The summed E-state index contributed by atoms with van der Waals surface area (Å²) >= 11 is 0. The number of benzene rings is 1. The molecule has 0 saturated carbocycles. The Labute approximate surface area is 132 Å². The van der Waals surface area contributed by atoms with Crippen LogP contribution in [0.15, 0.2) is 54.1 Å². The SMILES string of the molecule is O=C(Cn1cnc2ccccc2c1=O)NCCCn1ccnc1. The summed E-state index contributed by atoms with van der Waals surface area (Å²) in [6.07, 6.45) is 7.55. The number of fused-ring (bicyclic) bond motifs is 1. The number of para-hydroxylation sites is 1. The van der Waals surface area contributed by atoms with Gasteiger partial charge in [0.1, 0.15) is 6.54 Å². The van der Waals surface area contributed by atoms with Crippen LogP contribution in [0.2, 0.25) is 0 Å². The molecular formula is C16H17N5O2. The van der Waals surface area contributed by atoms with Gasteiger partial charge in [0.25, 0.3) is 5.56 Å². The van der Waals surface area contributed by atoms with Gasteiger partial charge in [0.2, 0.25) is 5.91 Å². The van der Waals surface area contributed by atoms with E-state index >= 15 is 0 Å². The first-order valence-electron chi connectivity index (χ1n) is 7.40. The van der Waals surface area contributed by atoms with Crippen LogP contribution in [0.4, 0.5) is 0 Å². The first kappa shape index (κ1) is 15.0. The van der Waals surface area contributed by atoms with E-state index < -0.39 is 0 Å². The summed E-state index contributed by atoms with van der Waals surface area (Å²) in [5.74, 6) is -0.199. The predicted molar refractivity (Wildman–Crippen MR) is 85.9 cm³/mol. The normalized spacial score (nSPS) is 10.8. The van der Waals surface area contributed by atoms with Crippen molar-refractivity contribution in [2.75, 3.05) is 6.54 Å². The maximum Gasteiger partial charge on any atom is 0.261 e. The molecule has 0 aliphatic carbocycles. The summed E-state index contributed by atoms with van der Waals surface area (Å²) in [5.41, 5.74) is 0.429. The third-order valence-electron chi connectivity index (χ3n) is 3.52. The van der Waals surface area contributed by atoms with Crippen LogP contribution in [-0.4, -0.2) is 31.6 Å². The number of hydrogen-bond acceptors (Lipinski definition) is 4. The smallest absolute Gasteiger partial charge is 0.261 e. The standard InChI is InChI=1S/C16H17N5O2/c22-15(18-6-3-8-20-9-7-17-11-20)10-21-12-19-14-5-2-1-4-13(14)16(21)23/h1-2,4-5,7,9,11-12H,3,6,8,10H2,(H,18,22). The van der Waals surface area contributed by atoms with Crippen molar-refractivity contribution in [3.05, 3.63) is 59.7 Å². The van der Waals surface area contributed by atoms with Gasteiger partial charge in [-0.15, -0.1) is 0 Å². The topological polar surface area (TPSA) is 81.8 Å². The summed E-state index contributed by atoms with van der Waals surface area (Å²) in [6, 6.07) is 7.10. The van der Waals surface area contributed by atoms with E-state index in [2.05, 4.69) is 15.3 Å². The van der Waals surface area contributed by atoms with Crippen molar-refractivity contribution in [3.8, 4) is 0 Å². The minimum atomic E-state index is -0.204. The van der Waals surface area contributed by atoms with E-state index in [1.165, 1.54) is 10.9 Å². The van der Waals surface area contributed by atoms with E-state index in [0.29, 0.717) is 17.4 Å². The molecule has 0 spiro atoms. The molecule has 7 nitrogen and oxygen atoms in total. The average molecular weight is 311 g/mol. The average Bonchev–Trinajstić information content (AvgIpc) is 3.08. The van der Waals surface area contributed by atoms with E-state index in [9.17, 15) is 9.59 Å². The Balaban J connectivity index is 1.55. The van der Waals surface area contributed by atoms with Crippen molar-refractivity contribution >= 4 is 16.8 Å². The molecule has 3 rings (SSSR count). The zero-order valence-electron chi connectivity index (χ0n) is 12.6. The van der Waals surface area contributed by atoms with E-state index in [0.717, 1.165) is 13.0 Å². The second kappa shape index (κ2) is 6.87. The predicted octanol–water partition coefficient (Wildman–Crippen LogP) is 0.799. The highest BCUT2D eigenvalue weighted by atomic mass is 16.2. The zero-order valence-corrected chi connectivity index (χ0v) is 12.6. The molecule has 2 heterocycles. The van der Waals surface area contributed by atoms with Gasteiger partial charge in [-0.2, -0.15) is 0 Å². The van der Waals surface area contributed by atoms with Crippen LogP contribution in [0.25, 0.3) is 10.9 Å². The fourth-order valence-electron chi connectivity index (χ4n) is 2.34. The number of hydrogen-bond donors (Lipinski definition) is 1. The molecule has 1 N–H and O–H groups in total. The Morgan fingerprint density at radius 3 is 2.91 bits per heavy atom. The molecule has 7 heteroatoms. The zero-order chi connectivity index (χ0) is 16.1. The molecule has 0 fully saturated rings. The highest BCUT2D eigenvalue weighted by Gasteiger charge is 2.07. The van der Waals surface area contributed by atoms with Crippen molar-refractivity contribution in [1.29, 1.82) is 0 Å². The quantitative estimate of drug-likeness (QED) is 0.683. The van der Waals surface area contributed by atoms with Crippen molar-refractivity contribution < 1.29 is 4.79 Å². The first-order chi connectivity index (χ1) is 11.2. The number of carbonyl (C=O) groups is 1. The number of amides is 1. The van der Waals surface area contributed by atoms with Crippen LogP contribution in [0.3, 0.4) is 0 Å². The Hall–Kier alpha value is -2.96. The van der Waals surface area contributed by atoms with Gasteiger partial charge >= 0.3 is 0 Å². The van der Waals surface area contributed by atoms with Crippen LogP contribution in [0.1, 0.15) is 6.42 Å². The molecule has 1 amide bonds.